The number of carbonyl (C=O) groups excluding carboxylic acids is 1. The Balaban J connectivity index is 1.97. The number of carbonyl (C=O) groups is 1. The summed E-state index contributed by atoms with van der Waals surface area (Å²) >= 11 is 0. The van der Waals surface area contributed by atoms with E-state index in [4.69, 9.17) is 11.1 Å². The molecule has 2 aromatic carbocycles. The van der Waals surface area contributed by atoms with Crippen molar-refractivity contribution in [2.24, 2.45) is 5.73 Å². The predicted molar refractivity (Wildman–Crippen MR) is 81.3 cm³/mol. The van der Waals surface area contributed by atoms with E-state index in [1.807, 2.05) is 31.2 Å². The van der Waals surface area contributed by atoms with E-state index in [1.165, 1.54) is 0 Å². The zero-order chi connectivity index (χ0) is 14.5. The van der Waals surface area contributed by atoms with E-state index in [0.29, 0.717) is 11.3 Å². The van der Waals surface area contributed by atoms with Crippen molar-refractivity contribution in [3.63, 3.8) is 0 Å². The second-order valence-corrected chi connectivity index (χ2v) is 4.44. The van der Waals surface area contributed by atoms with Crippen molar-refractivity contribution in [1.29, 1.82) is 5.41 Å². The second kappa shape index (κ2) is 5.88. The number of amides is 2. The highest BCUT2D eigenvalue weighted by molar-refractivity contribution is 6.00. The fourth-order valence-electron chi connectivity index (χ4n) is 1.66. The molecule has 0 saturated heterocycles. The summed E-state index contributed by atoms with van der Waals surface area (Å²) in [6, 6.07) is 14.0. The molecule has 0 heterocycles. The maximum atomic E-state index is 11.8. The van der Waals surface area contributed by atoms with Crippen LogP contribution in [-0.4, -0.2) is 11.9 Å². The van der Waals surface area contributed by atoms with Gasteiger partial charge in [0.25, 0.3) is 0 Å². The molecule has 5 N–H and O–H groups in total. The van der Waals surface area contributed by atoms with Gasteiger partial charge in [0.2, 0.25) is 0 Å². The zero-order valence-corrected chi connectivity index (χ0v) is 11.1. The van der Waals surface area contributed by atoms with Crippen molar-refractivity contribution >= 4 is 23.2 Å². The van der Waals surface area contributed by atoms with Crippen molar-refractivity contribution in [3.05, 3.63) is 59.7 Å². The number of nitrogen functional groups attached to an aromatic ring is 1. The van der Waals surface area contributed by atoms with E-state index in [9.17, 15) is 4.79 Å². The Bertz CT molecular complexity index is 617. The molecule has 0 aromatic heterocycles. The third-order valence-electron chi connectivity index (χ3n) is 2.76. The molecule has 20 heavy (non-hydrogen) atoms. The van der Waals surface area contributed by atoms with Crippen LogP contribution in [0.5, 0.6) is 0 Å². The van der Waals surface area contributed by atoms with E-state index in [-0.39, 0.29) is 11.9 Å². The van der Waals surface area contributed by atoms with Crippen LogP contribution < -0.4 is 16.4 Å². The predicted octanol–water partition coefficient (Wildman–Crippen LogP) is 2.92. The number of anilines is 2. The van der Waals surface area contributed by atoms with Crippen molar-refractivity contribution in [3.8, 4) is 0 Å². The third kappa shape index (κ3) is 3.58. The van der Waals surface area contributed by atoms with Gasteiger partial charge in [-0.1, -0.05) is 17.7 Å². The van der Waals surface area contributed by atoms with Crippen LogP contribution in [0.25, 0.3) is 0 Å². The van der Waals surface area contributed by atoms with E-state index < -0.39 is 0 Å². The molecule has 5 nitrogen and oxygen atoms in total. The lowest BCUT2D eigenvalue weighted by Crippen LogP contribution is -2.19. The van der Waals surface area contributed by atoms with Crippen LogP contribution in [0.4, 0.5) is 16.2 Å². The molecule has 0 radical (unpaired) electrons. The fraction of sp³-hybridized carbons (Fsp3) is 0.0667. The Labute approximate surface area is 117 Å². The highest BCUT2D eigenvalue weighted by Crippen LogP contribution is 2.12. The Morgan fingerprint density at radius 1 is 0.950 bits per heavy atom. The molecule has 0 fully saturated rings. The molecule has 5 heteroatoms. The number of hydrogen-bond donors (Lipinski definition) is 4. The van der Waals surface area contributed by atoms with Crippen molar-refractivity contribution in [2.45, 2.75) is 6.92 Å². The van der Waals surface area contributed by atoms with Crippen LogP contribution >= 0.6 is 0 Å². The van der Waals surface area contributed by atoms with Gasteiger partial charge in [0.05, 0.1) is 0 Å². The van der Waals surface area contributed by atoms with Gasteiger partial charge in [-0.2, -0.15) is 0 Å². The maximum absolute atomic E-state index is 11.8. The van der Waals surface area contributed by atoms with Gasteiger partial charge in [-0.15, -0.1) is 0 Å². The summed E-state index contributed by atoms with van der Waals surface area (Å²) in [4.78, 5) is 11.8. The van der Waals surface area contributed by atoms with Gasteiger partial charge in [0.15, 0.2) is 0 Å². The summed E-state index contributed by atoms with van der Waals surface area (Å²) < 4.78 is 0. The minimum absolute atomic E-state index is 0.000608. The highest BCUT2D eigenvalue weighted by Gasteiger charge is 2.03. The molecule has 0 atom stereocenters. The SMILES string of the molecule is Cc1ccc(NC(=O)Nc2ccc(C(=N)N)cc2)cc1. The van der Waals surface area contributed by atoms with Gasteiger partial charge in [-0.3, -0.25) is 5.41 Å². The molecule has 0 unspecified atom stereocenters. The van der Waals surface area contributed by atoms with Gasteiger partial charge in [-0.25, -0.2) is 4.79 Å². The molecular weight excluding hydrogens is 252 g/mol. The highest BCUT2D eigenvalue weighted by atomic mass is 16.2. The van der Waals surface area contributed by atoms with Gasteiger partial charge in [0, 0.05) is 16.9 Å². The second-order valence-electron chi connectivity index (χ2n) is 4.44. The minimum atomic E-state index is -0.315. The minimum Gasteiger partial charge on any atom is -0.384 e. The number of hydrogen-bond acceptors (Lipinski definition) is 2. The Kier molecular flexibility index (Phi) is 4.00. The number of nitrogens with one attached hydrogen (secondary N) is 3. The van der Waals surface area contributed by atoms with Crippen LogP contribution in [0.3, 0.4) is 0 Å². The smallest absolute Gasteiger partial charge is 0.323 e. The van der Waals surface area contributed by atoms with Crippen LogP contribution in [0.2, 0.25) is 0 Å². The zero-order valence-electron chi connectivity index (χ0n) is 11.1. The number of amidine groups is 1. The average Bonchev–Trinajstić information content (AvgIpc) is 2.42. The lowest BCUT2D eigenvalue weighted by Gasteiger charge is -2.08. The number of rotatable bonds is 3. The van der Waals surface area contributed by atoms with Crippen molar-refractivity contribution in [1.82, 2.24) is 0 Å². The average molecular weight is 268 g/mol. The molecule has 2 rings (SSSR count). The Morgan fingerprint density at radius 2 is 1.40 bits per heavy atom. The monoisotopic (exact) mass is 268 g/mol. The lowest BCUT2D eigenvalue weighted by molar-refractivity contribution is 0.262. The van der Waals surface area contributed by atoms with E-state index in [0.717, 1.165) is 11.3 Å². The third-order valence-corrected chi connectivity index (χ3v) is 2.76. The summed E-state index contributed by atoms with van der Waals surface area (Å²) in [5.41, 5.74) is 8.49. The first-order chi connectivity index (χ1) is 9.54. The lowest BCUT2D eigenvalue weighted by atomic mass is 10.2. The molecule has 2 amide bonds. The molecule has 0 spiro atoms. The molecule has 102 valence electrons. The largest absolute Gasteiger partial charge is 0.384 e. The normalized spacial score (nSPS) is 9.85. The van der Waals surface area contributed by atoms with Crippen molar-refractivity contribution < 1.29 is 4.79 Å². The van der Waals surface area contributed by atoms with Crippen LogP contribution in [-0.2, 0) is 0 Å². The molecular formula is C15H16N4O. The molecule has 0 saturated carbocycles. The first kappa shape index (κ1) is 13.6. The number of aryl methyl sites for hydroxylation is 1. The molecule has 0 aliphatic carbocycles. The Hall–Kier alpha value is -2.82. The maximum Gasteiger partial charge on any atom is 0.323 e. The Morgan fingerprint density at radius 3 is 1.85 bits per heavy atom. The van der Waals surface area contributed by atoms with E-state index in [1.54, 1.807) is 24.3 Å². The number of nitrogens with two attached hydrogens (primary N) is 1. The summed E-state index contributed by atoms with van der Waals surface area (Å²) in [5.74, 6) is 0.000608. The topological polar surface area (TPSA) is 91.0 Å². The van der Waals surface area contributed by atoms with Crippen molar-refractivity contribution in [2.75, 3.05) is 10.6 Å². The van der Waals surface area contributed by atoms with E-state index in [2.05, 4.69) is 10.6 Å². The number of urea groups is 1. The molecule has 0 aliphatic rings. The van der Waals surface area contributed by atoms with Gasteiger partial charge >= 0.3 is 6.03 Å². The summed E-state index contributed by atoms with van der Waals surface area (Å²) in [7, 11) is 0. The van der Waals surface area contributed by atoms with Gasteiger partial charge in [-0.05, 0) is 43.3 Å². The number of benzene rings is 2. The van der Waals surface area contributed by atoms with Crippen LogP contribution in [0, 0.1) is 12.3 Å². The molecule has 2 aromatic rings. The first-order valence-electron chi connectivity index (χ1n) is 6.14. The fourth-order valence-corrected chi connectivity index (χ4v) is 1.66. The molecule has 0 aliphatic heterocycles. The van der Waals surface area contributed by atoms with E-state index >= 15 is 0 Å². The van der Waals surface area contributed by atoms with Gasteiger partial charge < -0.3 is 16.4 Å². The quantitative estimate of drug-likeness (QED) is 0.509. The molecule has 0 bridgehead atoms. The first-order valence-corrected chi connectivity index (χ1v) is 6.14. The standard InChI is InChI=1S/C15H16N4O/c1-10-2-6-12(7-3-10)18-15(20)19-13-8-4-11(5-9-13)14(16)17/h2-9H,1H3,(H3,16,17)(H2,18,19,20). The van der Waals surface area contributed by atoms with Crippen LogP contribution in [0.1, 0.15) is 11.1 Å². The summed E-state index contributed by atoms with van der Waals surface area (Å²) in [6.07, 6.45) is 0. The van der Waals surface area contributed by atoms with Gasteiger partial charge in [0.1, 0.15) is 5.84 Å². The summed E-state index contributed by atoms with van der Waals surface area (Å²) in [5, 5.41) is 12.7. The van der Waals surface area contributed by atoms with Crippen LogP contribution in [0.15, 0.2) is 48.5 Å². The summed E-state index contributed by atoms with van der Waals surface area (Å²) in [6.45, 7) is 1.99.